The molecule has 7 heteroatoms. The van der Waals surface area contributed by atoms with Crippen LogP contribution in [0.25, 0.3) is 6.08 Å². The van der Waals surface area contributed by atoms with E-state index in [9.17, 15) is 9.59 Å². The maximum absolute atomic E-state index is 11.9. The zero-order valence-electron chi connectivity index (χ0n) is 15.9. The first kappa shape index (κ1) is 22.9. The van der Waals surface area contributed by atoms with Gasteiger partial charge in [0.1, 0.15) is 0 Å². The highest BCUT2D eigenvalue weighted by Gasteiger charge is 2.40. The molecule has 0 aromatic heterocycles. The molecule has 0 aliphatic heterocycles. The molecule has 0 aliphatic rings. The number of halogens is 2. The van der Waals surface area contributed by atoms with E-state index >= 15 is 0 Å². The average molecular weight is 417 g/mol. The zero-order chi connectivity index (χ0) is 20.0. The third-order valence-electron chi connectivity index (χ3n) is 4.36. The SMILES string of the molecule is CC(C)(C)[Si](C)(C)OOC(=O)CCCC(=O)/C=C/c1ccc(Cl)cc1Cl. The lowest BCUT2D eigenvalue weighted by Gasteiger charge is -2.33. The number of carbonyl (C=O) groups excluding carboxylic acids is 2. The standard InChI is InChI=1S/C19H26Cl2O4Si/c1-19(2,3)26(4,5)25-24-18(23)8-6-7-16(22)12-10-14-9-11-15(20)13-17(14)21/h9-13H,6-8H2,1-5H3/b12-10+. The minimum atomic E-state index is -2.13. The monoisotopic (exact) mass is 416 g/mol. The largest absolute Gasteiger partial charge is 0.340 e. The molecule has 1 aromatic carbocycles. The molecule has 0 atom stereocenters. The molecule has 0 spiro atoms. The summed E-state index contributed by atoms with van der Waals surface area (Å²) in [6.07, 6.45) is 3.87. The van der Waals surface area contributed by atoms with Crippen molar-refractivity contribution in [3.63, 3.8) is 0 Å². The number of hydrogen-bond donors (Lipinski definition) is 0. The maximum Gasteiger partial charge on any atom is 0.340 e. The molecular weight excluding hydrogens is 391 g/mol. The Hall–Kier alpha value is -1.14. The van der Waals surface area contributed by atoms with Crippen LogP contribution in [0.2, 0.25) is 28.2 Å². The third kappa shape index (κ3) is 7.62. The van der Waals surface area contributed by atoms with Crippen molar-refractivity contribution in [3.8, 4) is 0 Å². The van der Waals surface area contributed by atoms with Gasteiger partial charge in [0.15, 0.2) is 5.78 Å². The lowest BCUT2D eigenvalue weighted by molar-refractivity contribution is -0.221. The number of allylic oxidation sites excluding steroid dienone is 1. The maximum atomic E-state index is 11.9. The molecule has 1 aromatic rings. The first-order chi connectivity index (χ1) is 11.9. The second kappa shape index (κ2) is 9.69. The van der Waals surface area contributed by atoms with Crippen LogP contribution in [0.5, 0.6) is 0 Å². The molecule has 0 N–H and O–H groups in total. The number of ketones is 1. The van der Waals surface area contributed by atoms with Crippen molar-refractivity contribution in [1.82, 2.24) is 0 Å². The summed E-state index contributed by atoms with van der Waals surface area (Å²) >= 11 is 11.9. The summed E-state index contributed by atoms with van der Waals surface area (Å²) in [5.74, 6) is -0.540. The molecule has 0 heterocycles. The van der Waals surface area contributed by atoms with Gasteiger partial charge < -0.3 is 4.89 Å². The van der Waals surface area contributed by atoms with Gasteiger partial charge in [0.25, 0.3) is 8.32 Å². The van der Waals surface area contributed by atoms with Crippen molar-refractivity contribution in [2.24, 2.45) is 0 Å². The van der Waals surface area contributed by atoms with Crippen LogP contribution in [0.1, 0.15) is 45.6 Å². The molecule has 0 radical (unpaired) electrons. The van der Waals surface area contributed by atoms with Gasteiger partial charge in [0.2, 0.25) is 0 Å². The van der Waals surface area contributed by atoms with E-state index in [0.717, 1.165) is 0 Å². The molecule has 0 amide bonds. The van der Waals surface area contributed by atoms with E-state index in [4.69, 9.17) is 32.7 Å². The van der Waals surface area contributed by atoms with Crippen LogP contribution in [0.4, 0.5) is 0 Å². The van der Waals surface area contributed by atoms with Gasteiger partial charge in [-0.05, 0) is 54.4 Å². The Morgan fingerprint density at radius 1 is 1.15 bits per heavy atom. The predicted molar refractivity (Wildman–Crippen MR) is 109 cm³/mol. The highest BCUT2D eigenvalue weighted by molar-refractivity contribution is 6.73. The Kier molecular flexibility index (Phi) is 8.54. The molecular formula is C19H26Cl2O4Si. The van der Waals surface area contributed by atoms with Gasteiger partial charge >= 0.3 is 5.97 Å². The predicted octanol–water partition coefficient (Wildman–Crippen LogP) is 6.23. The van der Waals surface area contributed by atoms with Gasteiger partial charge in [0.05, 0.1) is 0 Å². The van der Waals surface area contributed by atoms with Crippen LogP contribution in [-0.4, -0.2) is 20.1 Å². The fourth-order valence-corrected chi connectivity index (χ4v) is 2.65. The molecule has 0 unspecified atom stereocenters. The van der Waals surface area contributed by atoms with E-state index in [1.165, 1.54) is 6.08 Å². The molecule has 0 fully saturated rings. The summed E-state index contributed by atoms with van der Waals surface area (Å²) in [5, 5.41) is 0.974. The number of carbonyl (C=O) groups is 2. The molecule has 4 nitrogen and oxygen atoms in total. The molecule has 144 valence electrons. The number of benzene rings is 1. The number of hydrogen-bond acceptors (Lipinski definition) is 4. The lowest BCUT2D eigenvalue weighted by atomic mass is 10.1. The second-order valence-electron chi connectivity index (χ2n) is 7.62. The Labute approximate surface area is 166 Å². The topological polar surface area (TPSA) is 52.6 Å². The summed E-state index contributed by atoms with van der Waals surface area (Å²) in [7, 11) is -2.13. The summed E-state index contributed by atoms with van der Waals surface area (Å²) in [5.41, 5.74) is 0.714. The van der Waals surface area contributed by atoms with Crippen LogP contribution in [0, 0.1) is 0 Å². The fraction of sp³-hybridized carbons (Fsp3) is 0.474. The van der Waals surface area contributed by atoms with Gasteiger partial charge in [-0.2, -0.15) is 0 Å². The highest BCUT2D eigenvalue weighted by atomic mass is 35.5. The molecule has 0 saturated carbocycles. The number of rotatable bonds is 8. The summed E-state index contributed by atoms with van der Waals surface area (Å²) < 4.78 is 5.41. The highest BCUT2D eigenvalue weighted by Crippen LogP contribution is 2.36. The average Bonchev–Trinajstić information content (AvgIpc) is 2.51. The third-order valence-corrected chi connectivity index (χ3v) is 9.04. The quantitative estimate of drug-likeness (QED) is 0.218. The van der Waals surface area contributed by atoms with Gasteiger partial charge in [-0.3, -0.25) is 4.79 Å². The minimum Gasteiger partial charge on any atom is -0.310 e. The van der Waals surface area contributed by atoms with Crippen molar-refractivity contribution in [1.29, 1.82) is 0 Å². The lowest BCUT2D eigenvalue weighted by Crippen LogP contribution is -2.41. The first-order valence-corrected chi connectivity index (χ1v) is 12.1. The smallest absolute Gasteiger partial charge is 0.310 e. The van der Waals surface area contributed by atoms with E-state index in [1.807, 2.05) is 13.1 Å². The Balaban J connectivity index is 2.37. The molecule has 0 aliphatic carbocycles. The molecule has 26 heavy (non-hydrogen) atoms. The van der Waals surface area contributed by atoms with E-state index in [0.29, 0.717) is 22.0 Å². The Morgan fingerprint density at radius 3 is 2.38 bits per heavy atom. The van der Waals surface area contributed by atoms with Crippen molar-refractivity contribution >= 4 is 49.3 Å². The van der Waals surface area contributed by atoms with Crippen molar-refractivity contribution in [2.45, 2.75) is 58.2 Å². The van der Waals surface area contributed by atoms with Gasteiger partial charge in [-0.25, -0.2) is 9.37 Å². The fourth-order valence-electron chi connectivity index (χ4n) is 1.63. The first-order valence-electron chi connectivity index (χ1n) is 8.47. The van der Waals surface area contributed by atoms with E-state index < -0.39 is 14.3 Å². The summed E-state index contributed by atoms with van der Waals surface area (Å²) in [6, 6.07) is 5.06. The van der Waals surface area contributed by atoms with Crippen molar-refractivity contribution in [3.05, 3.63) is 39.9 Å². The Bertz CT molecular complexity index is 679. The zero-order valence-corrected chi connectivity index (χ0v) is 18.4. The van der Waals surface area contributed by atoms with Crippen molar-refractivity contribution < 1.29 is 19.1 Å². The van der Waals surface area contributed by atoms with Crippen molar-refractivity contribution in [2.75, 3.05) is 0 Å². The Morgan fingerprint density at radius 2 is 1.81 bits per heavy atom. The summed E-state index contributed by atoms with van der Waals surface area (Å²) in [4.78, 5) is 28.6. The van der Waals surface area contributed by atoms with Crippen LogP contribution < -0.4 is 0 Å². The molecule has 0 bridgehead atoms. The normalized spacial score (nSPS) is 12.4. The van der Waals surface area contributed by atoms with Crippen LogP contribution in [0.3, 0.4) is 0 Å². The van der Waals surface area contributed by atoms with Crippen LogP contribution in [0.15, 0.2) is 24.3 Å². The van der Waals surface area contributed by atoms with Crippen LogP contribution in [-0.2, 0) is 19.1 Å². The van der Waals surface area contributed by atoms with E-state index in [-0.39, 0.29) is 23.7 Å². The van der Waals surface area contributed by atoms with Gasteiger partial charge in [0, 0.05) is 22.9 Å². The molecule has 1 rings (SSSR count). The second-order valence-corrected chi connectivity index (χ2v) is 13.1. The van der Waals surface area contributed by atoms with E-state index in [1.54, 1.807) is 24.3 Å². The van der Waals surface area contributed by atoms with E-state index in [2.05, 4.69) is 20.8 Å². The molecule has 0 saturated heterocycles. The summed E-state index contributed by atoms with van der Waals surface area (Å²) in [6.45, 7) is 10.2. The minimum absolute atomic E-state index is 0.0447. The van der Waals surface area contributed by atoms with Gasteiger partial charge in [-0.1, -0.05) is 50.0 Å². The van der Waals surface area contributed by atoms with Crippen LogP contribution >= 0.6 is 23.2 Å². The van der Waals surface area contributed by atoms with Gasteiger partial charge in [-0.15, -0.1) is 0 Å².